The van der Waals surface area contributed by atoms with Crippen molar-refractivity contribution in [3.63, 3.8) is 0 Å². The van der Waals surface area contributed by atoms with Crippen LogP contribution in [0.3, 0.4) is 0 Å². The number of thiophene rings is 1. The zero-order chi connectivity index (χ0) is 7.56. The van der Waals surface area contributed by atoms with Crippen molar-refractivity contribution in [2.45, 2.75) is 6.42 Å². The van der Waals surface area contributed by atoms with Crippen LogP contribution in [0.2, 0.25) is 4.34 Å². The standard InChI is InChI=1S/C6H3BrClNS/c7-5-3-4(1-2-9)10-6(5)8/h3H,1H2. The van der Waals surface area contributed by atoms with Crippen molar-refractivity contribution in [1.82, 2.24) is 0 Å². The predicted molar refractivity (Wildman–Crippen MR) is 46.3 cm³/mol. The van der Waals surface area contributed by atoms with E-state index in [1.54, 1.807) is 0 Å². The summed E-state index contributed by atoms with van der Waals surface area (Å²) in [4.78, 5) is 0.999. The number of hydrogen-bond donors (Lipinski definition) is 0. The van der Waals surface area contributed by atoms with Gasteiger partial charge in [-0.2, -0.15) is 5.26 Å². The molecule has 0 saturated heterocycles. The van der Waals surface area contributed by atoms with Gasteiger partial charge in [0.05, 0.1) is 12.5 Å². The fourth-order valence-corrected chi connectivity index (χ4v) is 2.28. The largest absolute Gasteiger partial charge is 0.198 e. The topological polar surface area (TPSA) is 23.8 Å². The monoisotopic (exact) mass is 235 g/mol. The van der Waals surface area contributed by atoms with E-state index in [2.05, 4.69) is 22.0 Å². The Morgan fingerprint density at radius 1 is 1.80 bits per heavy atom. The SMILES string of the molecule is N#CCc1cc(Br)c(Cl)s1. The van der Waals surface area contributed by atoms with Crippen LogP contribution in [-0.2, 0) is 6.42 Å². The Morgan fingerprint density at radius 3 is 2.90 bits per heavy atom. The molecule has 1 rings (SSSR count). The third kappa shape index (κ3) is 1.72. The van der Waals surface area contributed by atoms with Crippen LogP contribution in [0.5, 0.6) is 0 Å². The van der Waals surface area contributed by atoms with Crippen molar-refractivity contribution in [2.75, 3.05) is 0 Å². The normalized spacial score (nSPS) is 9.30. The lowest BCUT2D eigenvalue weighted by Gasteiger charge is -1.77. The first-order chi connectivity index (χ1) is 4.74. The van der Waals surface area contributed by atoms with Gasteiger partial charge < -0.3 is 0 Å². The molecule has 52 valence electrons. The van der Waals surface area contributed by atoms with Gasteiger partial charge in [0.15, 0.2) is 0 Å². The van der Waals surface area contributed by atoms with Crippen LogP contribution in [-0.4, -0.2) is 0 Å². The second-order valence-electron chi connectivity index (χ2n) is 1.67. The summed E-state index contributed by atoms with van der Waals surface area (Å²) in [7, 11) is 0. The van der Waals surface area contributed by atoms with Gasteiger partial charge >= 0.3 is 0 Å². The second-order valence-corrected chi connectivity index (χ2v) is 4.26. The second kappa shape index (κ2) is 3.38. The molecule has 0 bridgehead atoms. The maximum Gasteiger partial charge on any atom is 0.107 e. The lowest BCUT2D eigenvalue weighted by molar-refractivity contribution is 1.32. The molecule has 0 aliphatic heterocycles. The fourth-order valence-electron chi connectivity index (χ4n) is 0.556. The maximum absolute atomic E-state index is 8.32. The van der Waals surface area contributed by atoms with Crippen LogP contribution in [0.15, 0.2) is 10.5 Å². The molecule has 10 heavy (non-hydrogen) atoms. The van der Waals surface area contributed by atoms with Crippen LogP contribution in [0.1, 0.15) is 4.88 Å². The number of nitrogens with zero attached hydrogens (tertiary/aromatic N) is 1. The molecule has 0 saturated carbocycles. The molecule has 0 spiro atoms. The lowest BCUT2D eigenvalue weighted by atomic mass is 10.4. The van der Waals surface area contributed by atoms with Crippen LogP contribution in [0.4, 0.5) is 0 Å². The van der Waals surface area contributed by atoms with E-state index in [0.29, 0.717) is 10.8 Å². The van der Waals surface area contributed by atoms with Crippen molar-refractivity contribution in [2.24, 2.45) is 0 Å². The van der Waals surface area contributed by atoms with Gasteiger partial charge in [-0.3, -0.25) is 0 Å². The van der Waals surface area contributed by atoms with E-state index in [1.807, 2.05) is 6.07 Å². The molecule has 0 amide bonds. The average molecular weight is 237 g/mol. The van der Waals surface area contributed by atoms with Crippen molar-refractivity contribution in [3.8, 4) is 6.07 Å². The molecule has 0 aliphatic carbocycles. The smallest absolute Gasteiger partial charge is 0.107 e. The highest BCUT2D eigenvalue weighted by atomic mass is 79.9. The fraction of sp³-hybridized carbons (Fsp3) is 0.167. The first-order valence-electron chi connectivity index (χ1n) is 2.54. The number of hydrogen-bond acceptors (Lipinski definition) is 2. The Morgan fingerprint density at radius 2 is 2.50 bits per heavy atom. The van der Waals surface area contributed by atoms with Crippen LogP contribution >= 0.6 is 38.9 Å². The number of halogens is 2. The van der Waals surface area contributed by atoms with Gasteiger partial charge in [0.25, 0.3) is 0 Å². The van der Waals surface area contributed by atoms with Crippen LogP contribution in [0, 0.1) is 11.3 Å². The molecule has 1 heterocycles. The minimum absolute atomic E-state index is 0.440. The van der Waals surface area contributed by atoms with Gasteiger partial charge in [-0.15, -0.1) is 11.3 Å². The molecule has 0 aliphatic rings. The van der Waals surface area contributed by atoms with E-state index in [9.17, 15) is 0 Å². The summed E-state index contributed by atoms with van der Waals surface area (Å²) in [6.45, 7) is 0. The third-order valence-electron chi connectivity index (χ3n) is 0.949. The predicted octanol–water partition coefficient (Wildman–Crippen LogP) is 3.23. The summed E-state index contributed by atoms with van der Waals surface area (Å²) < 4.78 is 1.59. The Bertz CT molecular complexity index is 256. The summed E-state index contributed by atoms with van der Waals surface area (Å²) in [5.74, 6) is 0. The highest BCUT2D eigenvalue weighted by molar-refractivity contribution is 9.10. The molecule has 0 radical (unpaired) electrons. The van der Waals surface area contributed by atoms with E-state index in [-0.39, 0.29) is 0 Å². The molecular weight excluding hydrogens is 233 g/mol. The van der Waals surface area contributed by atoms with Gasteiger partial charge in [-0.05, 0) is 22.0 Å². The summed E-state index contributed by atoms with van der Waals surface area (Å²) in [5, 5.41) is 8.32. The van der Waals surface area contributed by atoms with Crippen LogP contribution < -0.4 is 0 Å². The summed E-state index contributed by atoms with van der Waals surface area (Å²) >= 11 is 10.4. The first-order valence-corrected chi connectivity index (χ1v) is 4.53. The van der Waals surface area contributed by atoms with Crippen LogP contribution in [0.25, 0.3) is 0 Å². The molecular formula is C6H3BrClNS. The van der Waals surface area contributed by atoms with Gasteiger partial charge in [0.2, 0.25) is 0 Å². The van der Waals surface area contributed by atoms with E-state index >= 15 is 0 Å². The number of nitriles is 1. The molecule has 0 N–H and O–H groups in total. The molecule has 0 aromatic carbocycles. The number of rotatable bonds is 1. The highest BCUT2D eigenvalue weighted by Gasteiger charge is 2.02. The lowest BCUT2D eigenvalue weighted by Crippen LogP contribution is -1.68. The Labute approximate surface area is 76.4 Å². The zero-order valence-electron chi connectivity index (χ0n) is 4.90. The minimum Gasteiger partial charge on any atom is -0.198 e. The quantitative estimate of drug-likeness (QED) is 0.734. The summed E-state index contributed by atoms with van der Waals surface area (Å²) in [5.41, 5.74) is 0. The molecule has 4 heteroatoms. The van der Waals surface area contributed by atoms with Crippen molar-refractivity contribution >= 4 is 38.9 Å². The van der Waals surface area contributed by atoms with Crippen molar-refractivity contribution in [1.29, 1.82) is 5.26 Å². The average Bonchev–Trinajstić information content (AvgIpc) is 2.14. The van der Waals surface area contributed by atoms with E-state index < -0.39 is 0 Å². The molecule has 0 fully saturated rings. The van der Waals surface area contributed by atoms with Gasteiger partial charge in [0.1, 0.15) is 4.34 Å². The van der Waals surface area contributed by atoms with Crippen molar-refractivity contribution in [3.05, 3.63) is 19.8 Å². The van der Waals surface area contributed by atoms with Crippen molar-refractivity contribution < 1.29 is 0 Å². The Kier molecular flexibility index (Phi) is 2.72. The Hall–Kier alpha value is -0.0400. The first kappa shape index (κ1) is 8.06. The molecule has 0 unspecified atom stereocenters. The van der Waals surface area contributed by atoms with E-state index in [1.165, 1.54) is 11.3 Å². The molecule has 1 nitrogen and oxygen atoms in total. The summed E-state index contributed by atoms with van der Waals surface area (Å²) in [6.07, 6.45) is 0.440. The highest BCUT2D eigenvalue weighted by Crippen LogP contribution is 2.31. The van der Waals surface area contributed by atoms with Gasteiger partial charge in [-0.1, -0.05) is 11.6 Å². The van der Waals surface area contributed by atoms with Gasteiger partial charge in [-0.25, -0.2) is 0 Å². The maximum atomic E-state index is 8.32. The zero-order valence-corrected chi connectivity index (χ0v) is 8.05. The Balaban J connectivity index is 2.90. The molecule has 1 aromatic heterocycles. The van der Waals surface area contributed by atoms with Gasteiger partial charge in [0, 0.05) is 9.35 Å². The molecule has 1 aromatic rings. The molecule has 0 atom stereocenters. The minimum atomic E-state index is 0.440. The van der Waals surface area contributed by atoms with E-state index in [4.69, 9.17) is 16.9 Å². The third-order valence-corrected chi connectivity index (χ3v) is 3.42. The summed E-state index contributed by atoms with van der Waals surface area (Å²) in [6, 6.07) is 3.93. The van der Waals surface area contributed by atoms with E-state index in [0.717, 1.165) is 9.35 Å².